The molecule has 0 unspecified atom stereocenters. The van der Waals surface area contributed by atoms with E-state index in [1.807, 2.05) is 34.9 Å². The SMILES string of the molecule is O=c1c(-c2ccc3ccccc3c2)ccc2n1C[C@@H]1C[C@@H]2CN(Cc2ccc(CO)o2)C1. The first-order chi connectivity index (χ1) is 15.7. The molecule has 0 saturated carbocycles. The standard InChI is InChI=1S/C27H26N2O3/c30-17-24-8-7-23(32-24)16-28-13-18-11-22(15-28)26-10-9-25(27(31)29(26)14-18)21-6-5-19-3-1-2-4-20(19)12-21/h1-10,12,18,22,30H,11,13-17H2/t18-,22-/m1/s1. The van der Waals surface area contributed by atoms with Crippen molar-refractivity contribution in [2.24, 2.45) is 5.92 Å². The lowest BCUT2D eigenvalue weighted by atomic mass is 9.82. The third-order valence-corrected chi connectivity index (χ3v) is 6.99. The number of aromatic nitrogens is 1. The van der Waals surface area contributed by atoms with E-state index in [-0.39, 0.29) is 12.2 Å². The topological polar surface area (TPSA) is 58.6 Å². The van der Waals surface area contributed by atoms with Gasteiger partial charge in [0.05, 0.1) is 6.54 Å². The van der Waals surface area contributed by atoms with Crippen LogP contribution in [-0.2, 0) is 19.7 Å². The average Bonchev–Trinajstić information content (AvgIpc) is 3.27. The highest BCUT2D eigenvalue weighted by atomic mass is 16.4. The number of nitrogens with zero attached hydrogens (tertiary/aromatic N) is 2. The molecule has 2 aliphatic heterocycles. The molecule has 0 radical (unpaired) electrons. The van der Waals surface area contributed by atoms with E-state index in [2.05, 4.69) is 41.3 Å². The van der Waals surface area contributed by atoms with Crippen LogP contribution >= 0.6 is 0 Å². The molecule has 4 heterocycles. The van der Waals surface area contributed by atoms with Gasteiger partial charge in [-0.25, -0.2) is 0 Å². The van der Waals surface area contributed by atoms with E-state index in [0.29, 0.717) is 17.6 Å². The highest BCUT2D eigenvalue weighted by molar-refractivity contribution is 5.87. The lowest BCUT2D eigenvalue weighted by Gasteiger charge is -2.42. The molecule has 2 atom stereocenters. The van der Waals surface area contributed by atoms with Gasteiger partial charge >= 0.3 is 0 Å². The van der Waals surface area contributed by atoms with E-state index in [1.54, 1.807) is 0 Å². The minimum Gasteiger partial charge on any atom is -0.462 e. The van der Waals surface area contributed by atoms with Gasteiger partial charge in [0.2, 0.25) is 0 Å². The highest BCUT2D eigenvalue weighted by Gasteiger charge is 2.35. The van der Waals surface area contributed by atoms with Gasteiger partial charge in [0.15, 0.2) is 0 Å². The molecule has 1 saturated heterocycles. The normalized spacial score (nSPS) is 20.4. The van der Waals surface area contributed by atoms with Crippen molar-refractivity contribution >= 4 is 10.8 Å². The second-order valence-corrected chi connectivity index (χ2v) is 9.17. The molecule has 6 rings (SSSR count). The van der Waals surface area contributed by atoms with Crippen molar-refractivity contribution < 1.29 is 9.52 Å². The second kappa shape index (κ2) is 7.76. The maximum Gasteiger partial charge on any atom is 0.258 e. The number of rotatable bonds is 4. The number of furan rings is 1. The van der Waals surface area contributed by atoms with Crippen LogP contribution in [0, 0.1) is 5.92 Å². The van der Waals surface area contributed by atoms with Gasteiger partial charge in [-0.2, -0.15) is 0 Å². The summed E-state index contributed by atoms with van der Waals surface area (Å²) in [7, 11) is 0. The van der Waals surface area contributed by atoms with E-state index in [1.165, 1.54) is 5.39 Å². The molecule has 2 aromatic carbocycles. The van der Waals surface area contributed by atoms with Gasteiger partial charge in [0, 0.05) is 36.8 Å². The highest BCUT2D eigenvalue weighted by Crippen LogP contribution is 2.36. The molecular weight excluding hydrogens is 400 g/mol. The third kappa shape index (κ3) is 3.38. The number of likely N-dealkylation sites (tertiary alicyclic amines) is 1. The number of benzene rings is 2. The van der Waals surface area contributed by atoms with Crippen molar-refractivity contribution in [2.45, 2.75) is 32.0 Å². The molecule has 162 valence electrons. The molecule has 2 aliphatic rings. The van der Waals surface area contributed by atoms with Crippen LogP contribution in [0.15, 0.2) is 75.9 Å². The largest absolute Gasteiger partial charge is 0.462 e. The minimum atomic E-state index is -0.0684. The number of hydrogen-bond acceptors (Lipinski definition) is 4. The van der Waals surface area contributed by atoms with Crippen LogP contribution in [0.2, 0.25) is 0 Å². The summed E-state index contributed by atoms with van der Waals surface area (Å²) >= 11 is 0. The minimum absolute atomic E-state index is 0.0684. The maximum absolute atomic E-state index is 13.5. The monoisotopic (exact) mass is 426 g/mol. The summed E-state index contributed by atoms with van der Waals surface area (Å²) in [5.41, 5.74) is 3.04. The van der Waals surface area contributed by atoms with E-state index in [4.69, 9.17) is 4.42 Å². The Balaban J connectivity index is 1.30. The van der Waals surface area contributed by atoms with Crippen molar-refractivity contribution in [3.63, 3.8) is 0 Å². The lowest BCUT2D eigenvalue weighted by Crippen LogP contribution is -2.46. The Morgan fingerprint density at radius 2 is 1.75 bits per heavy atom. The fourth-order valence-electron chi connectivity index (χ4n) is 5.56. The third-order valence-electron chi connectivity index (χ3n) is 6.99. The number of aliphatic hydroxyl groups is 1. The van der Waals surface area contributed by atoms with Crippen LogP contribution in [0.4, 0.5) is 0 Å². The molecule has 0 amide bonds. The zero-order valence-electron chi connectivity index (χ0n) is 17.9. The van der Waals surface area contributed by atoms with Crippen molar-refractivity contribution in [1.29, 1.82) is 0 Å². The molecule has 2 bridgehead atoms. The number of pyridine rings is 1. The summed E-state index contributed by atoms with van der Waals surface area (Å²) in [6, 6.07) is 22.5. The number of hydrogen-bond donors (Lipinski definition) is 1. The van der Waals surface area contributed by atoms with Crippen LogP contribution in [-0.4, -0.2) is 27.7 Å². The lowest BCUT2D eigenvalue weighted by molar-refractivity contribution is 0.106. The van der Waals surface area contributed by atoms with Crippen molar-refractivity contribution in [3.05, 3.63) is 94.3 Å². The Bertz CT molecular complexity index is 1350. The Morgan fingerprint density at radius 1 is 0.906 bits per heavy atom. The fraction of sp³-hybridized carbons (Fsp3) is 0.296. The predicted molar refractivity (Wildman–Crippen MR) is 124 cm³/mol. The van der Waals surface area contributed by atoms with Crippen molar-refractivity contribution in [3.8, 4) is 11.1 Å². The van der Waals surface area contributed by atoms with E-state index < -0.39 is 0 Å². The molecule has 5 heteroatoms. The summed E-state index contributed by atoms with van der Waals surface area (Å²) in [4.78, 5) is 15.9. The zero-order valence-corrected chi connectivity index (χ0v) is 17.9. The first-order valence-corrected chi connectivity index (χ1v) is 11.3. The Morgan fingerprint density at radius 3 is 2.59 bits per heavy atom. The van der Waals surface area contributed by atoms with Gasteiger partial charge in [-0.3, -0.25) is 9.69 Å². The van der Waals surface area contributed by atoms with Gasteiger partial charge < -0.3 is 14.1 Å². The smallest absolute Gasteiger partial charge is 0.258 e. The molecule has 0 aliphatic carbocycles. The second-order valence-electron chi connectivity index (χ2n) is 9.17. The van der Waals surface area contributed by atoms with Crippen molar-refractivity contribution in [2.75, 3.05) is 13.1 Å². The Labute approximate surface area is 186 Å². The van der Waals surface area contributed by atoms with Crippen LogP contribution in [0.3, 0.4) is 0 Å². The average molecular weight is 427 g/mol. The summed E-state index contributed by atoms with van der Waals surface area (Å²) in [6.45, 7) is 3.31. The molecule has 1 fully saturated rings. The van der Waals surface area contributed by atoms with Crippen LogP contribution in [0.1, 0.15) is 29.6 Å². The molecule has 5 nitrogen and oxygen atoms in total. The first-order valence-electron chi connectivity index (χ1n) is 11.3. The number of aliphatic hydroxyl groups excluding tert-OH is 1. The fourth-order valence-corrected chi connectivity index (χ4v) is 5.56. The maximum atomic E-state index is 13.5. The van der Waals surface area contributed by atoms with Gasteiger partial charge in [-0.15, -0.1) is 0 Å². The zero-order chi connectivity index (χ0) is 21.7. The molecule has 0 spiro atoms. The van der Waals surface area contributed by atoms with Gasteiger partial charge in [0.25, 0.3) is 5.56 Å². The summed E-state index contributed by atoms with van der Waals surface area (Å²) < 4.78 is 7.72. The first kappa shape index (κ1) is 19.5. The summed E-state index contributed by atoms with van der Waals surface area (Å²) in [6.07, 6.45) is 1.13. The summed E-state index contributed by atoms with van der Waals surface area (Å²) in [5, 5.41) is 11.6. The van der Waals surface area contributed by atoms with Gasteiger partial charge in [0.1, 0.15) is 18.1 Å². The van der Waals surface area contributed by atoms with Crippen molar-refractivity contribution in [1.82, 2.24) is 9.47 Å². The quantitative estimate of drug-likeness (QED) is 0.526. The molecular formula is C27H26N2O3. The van der Waals surface area contributed by atoms with E-state index in [0.717, 1.165) is 60.6 Å². The molecule has 2 aromatic heterocycles. The van der Waals surface area contributed by atoms with Crippen LogP contribution in [0.5, 0.6) is 0 Å². The number of piperidine rings is 1. The molecule has 1 N–H and O–H groups in total. The van der Waals surface area contributed by atoms with E-state index >= 15 is 0 Å². The van der Waals surface area contributed by atoms with Crippen LogP contribution in [0.25, 0.3) is 21.9 Å². The Hall–Kier alpha value is -3.15. The number of fused-ring (bicyclic) bond motifs is 5. The van der Waals surface area contributed by atoms with Gasteiger partial charge in [-0.05, 0) is 59.0 Å². The van der Waals surface area contributed by atoms with Crippen LogP contribution < -0.4 is 5.56 Å². The molecule has 32 heavy (non-hydrogen) atoms. The molecule has 4 aromatic rings. The van der Waals surface area contributed by atoms with Gasteiger partial charge in [-0.1, -0.05) is 36.4 Å². The summed E-state index contributed by atoms with van der Waals surface area (Å²) in [5.74, 6) is 2.31. The Kier molecular flexibility index (Phi) is 4.74. The predicted octanol–water partition coefficient (Wildman–Crippen LogP) is 4.37. The van der Waals surface area contributed by atoms with E-state index in [9.17, 15) is 9.90 Å².